The summed E-state index contributed by atoms with van der Waals surface area (Å²) in [6.07, 6.45) is 1.40. The Kier molecular flexibility index (Phi) is 6.67. The number of halogens is 1. The Morgan fingerprint density at radius 3 is 2.74 bits per heavy atom. The van der Waals surface area contributed by atoms with E-state index in [9.17, 15) is 9.59 Å². The van der Waals surface area contributed by atoms with Crippen molar-refractivity contribution in [3.8, 4) is 0 Å². The van der Waals surface area contributed by atoms with Crippen molar-refractivity contribution in [2.24, 2.45) is 4.99 Å². The van der Waals surface area contributed by atoms with Gasteiger partial charge >= 0.3 is 12.0 Å². The molecule has 1 aliphatic rings. The first kappa shape index (κ1) is 24.8. The van der Waals surface area contributed by atoms with Crippen LogP contribution in [0, 0.1) is 0 Å². The Balaban J connectivity index is 1.48. The second-order valence-corrected chi connectivity index (χ2v) is 8.69. The van der Waals surface area contributed by atoms with Crippen molar-refractivity contribution in [2.75, 3.05) is 23.5 Å². The van der Waals surface area contributed by atoms with Crippen molar-refractivity contribution in [3.05, 3.63) is 88.2 Å². The quantitative estimate of drug-likeness (QED) is 0.218. The lowest BCUT2D eigenvalue weighted by molar-refractivity contribution is -0.113. The Labute approximate surface area is 221 Å². The second kappa shape index (κ2) is 10.2. The number of aromatic nitrogens is 2. The highest BCUT2D eigenvalue weighted by Crippen LogP contribution is 2.35. The molecule has 0 saturated carbocycles. The summed E-state index contributed by atoms with van der Waals surface area (Å²) in [4.78, 5) is 38.7. The first-order valence-corrected chi connectivity index (χ1v) is 11.8. The topological polar surface area (TPSA) is 157 Å². The van der Waals surface area contributed by atoms with Crippen LogP contribution in [0.4, 0.5) is 17.5 Å². The standard InChI is InChI=1S/C26H22ClN7O4/c1-13-20(23(35)32-19-12-14(10-11-29-19)24(36)37-2)21(15-6-3-4-7-16(15)27)33-25(30-13)34-26-31-18-9-5-8-17(28)22(18)38-26/h3-12,21H,28H2,1-2H3,(H,29,32,35)(H2,30,31,33,34)/t21-/m0/s1. The van der Waals surface area contributed by atoms with Gasteiger partial charge in [0.25, 0.3) is 5.91 Å². The van der Waals surface area contributed by atoms with Crippen LogP contribution >= 0.6 is 11.6 Å². The zero-order valence-electron chi connectivity index (χ0n) is 20.3. The second-order valence-electron chi connectivity index (χ2n) is 8.28. The van der Waals surface area contributed by atoms with Crippen LogP contribution in [0.2, 0.25) is 5.02 Å². The van der Waals surface area contributed by atoms with Gasteiger partial charge in [0.1, 0.15) is 17.4 Å². The molecule has 5 rings (SSSR count). The molecule has 1 atom stereocenters. The number of anilines is 3. The van der Waals surface area contributed by atoms with Crippen LogP contribution < -0.4 is 21.7 Å². The molecule has 0 fully saturated rings. The maximum absolute atomic E-state index is 13.5. The molecular weight excluding hydrogens is 510 g/mol. The smallest absolute Gasteiger partial charge is 0.338 e. The molecule has 12 heteroatoms. The van der Waals surface area contributed by atoms with Crippen molar-refractivity contribution < 1.29 is 18.7 Å². The van der Waals surface area contributed by atoms with E-state index in [1.165, 1.54) is 25.4 Å². The number of amides is 1. The van der Waals surface area contributed by atoms with Crippen molar-refractivity contribution in [3.63, 3.8) is 0 Å². The Morgan fingerprint density at radius 1 is 1.16 bits per heavy atom. The minimum absolute atomic E-state index is 0.173. The number of ether oxygens (including phenoxy) is 1. The Morgan fingerprint density at radius 2 is 1.97 bits per heavy atom. The number of nitrogens with zero attached hydrogens (tertiary/aromatic N) is 3. The molecule has 192 valence electrons. The molecule has 2 aromatic heterocycles. The average Bonchev–Trinajstić information content (AvgIpc) is 3.32. The minimum atomic E-state index is -0.786. The molecule has 1 amide bonds. The largest absolute Gasteiger partial charge is 0.465 e. The number of carbonyl (C=O) groups excluding carboxylic acids is 2. The fraction of sp³-hybridized carbons (Fsp3) is 0.115. The number of allylic oxidation sites excluding steroid dienone is 1. The molecule has 0 bridgehead atoms. The summed E-state index contributed by atoms with van der Waals surface area (Å²) in [5.41, 5.74) is 9.13. The highest BCUT2D eigenvalue weighted by molar-refractivity contribution is 6.31. The highest BCUT2D eigenvalue weighted by atomic mass is 35.5. The van der Waals surface area contributed by atoms with Gasteiger partial charge in [0, 0.05) is 22.5 Å². The van der Waals surface area contributed by atoms with Gasteiger partial charge in [0.2, 0.25) is 5.96 Å². The molecular formula is C26H22ClN7O4. The predicted octanol–water partition coefficient (Wildman–Crippen LogP) is 4.27. The van der Waals surface area contributed by atoms with E-state index in [0.717, 1.165) is 0 Å². The van der Waals surface area contributed by atoms with Gasteiger partial charge in [0.15, 0.2) is 5.58 Å². The zero-order chi connectivity index (χ0) is 26.8. The van der Waals surface area contributed by atoms with E-state index in [2.05, 4.69) is 25.9 Å². The van der Waals surface area contributed by atoms with Gasteiger partial charge < -0.3 is 25.5 Å². The number of hydrogen-bond acceptors (Lipinski definition) is 10. The molecule has 0 spiro atoms. The fourth-order valence-electron chi connectivity index (χ4n) is 4.01. The molecule has 0 aliphatic carbocycles. The van der Waals surface area contributed by atoms with Crippen molar-refractivity contribution in [1.82, 2.24) is 15.3 Å². The summed E-state index contributed by atoms with van der Waals surface area (Å²) in [7, 11) is 1.27. The number of benzene rings is 2. The highest BCUT2D eigenvalue weighted by Gasteiger charge is 2.31. The van der Waals surface area contributed by atoms with Crippen LogP contribution in [0.1, 0.15) is 28.9 Å². The number of methoxy groups -OCH3 is 1. The van der Waals surface area contributed by atoms with Gasteiger partial charge in [-0.1, -0.05) is 35.9 Å². The predicted molar refractivity (Wildman–Crippen MR) is 144 cm³/mol. The number of nitrogen functional groups attached to an aromatic ring is 1. The molecule has 5 N–H and O–H groups in total. The van der Waals surface area contributed by atoms with E-state index < -0.39 is 17.9 Å². The SMILES string of the molecule is COC(=O)c1ccnc(NC(=O)C2=C(C)NC(Nc3nc4cccc(N)c4o3)=N[C@H]2c2ccccc2Cl)c1. The third-order valence-electron chi connectivity index (χ3n) is 5.78. The van der Waals surface area contributed by atoms with Crippen LogP contribution in [0.15, 0.2) is 81.5 Å². The summed E-state index contributed by atoms with van der Waals surface area (Å²) in [5, 5.41) is 9.27. The normalized spacial score (nSPS) is 15.0. The number of esters is 1. The van der Waals surface area contributed by atoms with Crippen LogP contribution in [-0.2, 0) is 9.53 Å². The molecule has 0 saturated heterocycles. The number of oxazole rings is 1. The number of nitrogens with two attached hydrogens (primary N) is 1. The molecule has 3 heterocycles. The van der Waals surface area contributed by atoms with Crippen LogP contribution in [0.25, 0.3) is 11.1 Å². The number of nitrogens with one attached hydrogen (secondary N) is 3. The number of hydrogen-bond donors (Lipinski definition) is 4. The minimum Gasteiger partial charge on any atom is -0.465 e. The van der Waals surface area contributed by atoms with Gasteiger partial charge in [0.05, 0.1) is 23.9 Å². The third-order valence-corrected chi connectivity index (χ3v) is 6.12. The molecule has 4 aromatic rings. The number of fused-ring (bicyclic) bond motifs is 1. The van der Waals surface area contributed by atoms with Crippen molar-refractivity contribution in [1.29, 1.82) is 0 Å². The average molecular weight is 532 g/mol. The molecule has 0 unspecified atom stereocenters. The van der Waals surface area contributed by atoms with E-state index in [1.807, 2.05) is 6.07 Å². The Bertz CT molecular complexity index is 1630. The Hall–Kier alpha value is -4.90. The summed E-state index contributed by atoms with van der Waals surface area (Å²) in [6.45, 7) is 1.73. The lowest BCUT2D eigenvalue weighted by atomic mass is 9.95. The summed E-state index contributed by atoms with van der Waals surface area (Å²) in [5.74, 6) is -0.562. The number of para-hydroxylation sites is 1. The van der Waals surface area contributed by atoms with E-state index in [4.69, 9.17) is 31.5 Å². The number of carbonyl (C=O) groups is 2. The third kappa shape index (κ3) is 4.87. The first-order valence-electron chi connectivity index (χ1n) is 11.4. The molecule has 38 heavy (non-hydrogen) atoms. The van der Waals surface area contributed by atoms with Crippen molar-refractivity contribution >= 4 is 58.1 Å². The number of guanidine groups is 1. The van der Waals surface area contributed by atoms with E-state index >= 15 is 0 Å². The maximum Gasteiger partial charge on any atom is 0.338 e. The lowest BCUT2D eigenvalue weighted by Crippen LogP contribution is -2.37. The van der Waals surface area contributed by atoms with E-state index in [-0.39, 0.29) is 17.4 Å². The summed E-state index contributed by atoms with van der Waals surface area (Å²) >= 11 is 6.51. The maximum atomic E-state index is 13.5. The van der Waals surface area contributed by atoms with Gasteiger partial charge in [-0.2, -0.15) is 4.98 Å². The molecule has 11 nitrogen and oxygen atoms in total. The van der Waals surface area contributed by atoms with Crippen LogP contribution in [0.5, 0.6) is 0 Å². The fourth-order valence-corrected chi connectivity index (χ4v) is 4.25. The summed E-state index contributed by atoms with van der Waals surface area (Å²) in [6, 6.07) is 14.7. The van der Waals surface area contributed by atoms with Crippen molar-refractivity contribution in [2.45, 2.75) is 13.0 Å². The summed E-state index contributed by atoms with van der Waals surface area (Å²) < 4.78 is 10.5. The van der Waals surface area contributed by atoms with Gasteiger partial charge in [-0.25, -0.2) is 14.8 Å². The zero-order valence-corrected chi connectivity index (χ0v) is 21.0. The van der Waals surface area contributed by atoms with Gasteiger partial charge in [-0.3, -0.25) is 10.1 Å². The van der Waals surface area contributed by atoms with Crippen LogP contribution in [-0.4, -0.2) is 34.9 Å². The molecule has 0 radical (unpaired) electrons. The lowest BCUT2D eigenvalue weighted by Gasteiger charge is -2.26. The number of aliphatic imine (C=N–C) groups is 1. The van der Waals surface area contributed by atoms with Gasteiger partial charge in [-0.05, 0) is 37.3 Å². The van der Waals surface area contributed by atoms with Gasteiger partial charge in [-0.15, -0.1) is 0 Å². The molecule has 2 aromatic carbocycles. The number of pyridine rings is 1. The number of rotatable bonds is 5. The monoisotopic (exact) mass is 531 g/mol. The van der Waals surface area contributed by atoms with Crippen LogP contribution in [0.3, 0.4) is 0 Å². The molecule has 1 aliphatic heterocycles. The first-order chi connectivity index (χ1) is 18.3. The van der Waals surface area contributed by atoms with E-state index in [1.54, 1.807) is 43.3 Å². The van der Waals surface area contributed by atoms with E-state index in [0.29, 0.717) is 44.6 Å².